The molecule has 0 aromatic heterocycles. The van der Waals surface area contributed by atoms with Gasteiger partial charge in [-0.15, -0.1) is 0 Å². The average molecular weight is 224 g/mol. The Balaban J connectivity index is 1.62. The third-order valence-electron chi connectivity index (χ3n) is 4.31. The van der Waals surface area contributed by atoms with Crippen LogP contribution in [0.5, 0.6) is 0 Å². The number of hydrogen-bond acceptors (Lipinski definition) is 2. The van der Waals surface area contributed by atoms with Crippen molar-refractivity contribution in [3.05, 3.63) is 0 Å². The monoisotopic (exact) mass is 224 g/mol. The molecule has 1 atom stereocenters. The first-order valence-corrected chi connectivity index (χ1v) is 7.27. The molecule has 1 saturated carbocycles. The lowest BCUT2D eigenvalue weighted by Crippen LogP contribution is -2.30. The van der Waals surface area contributed by atoms with Crippen LogP contribution in [0.4, 0.5) is 0 Å². The molecule has 1 N–H and O–H groups in total. The van der Waals surface area contributed by atoms with Crippen molar-refractivity contribution in [2.45, 2.75) is 52.0 Å². The molecule has 94 valence electrons. The van der Waals surface area contributed by atoms with E-state index in [0.29, 0.717) is 0 Å². The van der Waals surface area contributed by atoms with Gasteiger partial charge in [0.05, 0.1) is 0 Å². The van der Waals surface area contributed by atoms with E-state index >= 15 is 0 Å². The van der Waals surface area contributed by atoms with Gasteiger partial charge in [-0.05, 0) is 44.2 Å². The summed E-state index contributed by atoms with van der Waals surface area (Å²) in [6.45, 7) is 9.95. The van der Waals surface area contributed by atoms with Gasteiger partial charge in [-0.2, -0.15) is 0 Å². The van der Waals surface area contributed by atoms with Crippen LogP contribution < -0.4 is 5.32 Å². The predicted molar refractivity (Wildman–Crippen MR) is 69.6 cm³/mol. The largest absolute Gasteiger partial charge is 0.314 e. The summed E-state index contributed by atoms with van der Waals surface area (Å²) >= 11 is 0. The second-order valence-corrected chi connectivity index (χ2v) is 5.78. The molecule has 0 radical (unpaired) electrons. The van der Waals surface area contributed by atoms with Gasteiger partial charge in [0.25, 0.3) is 0 Å². The molecule has 1 aliphatic carbocycles. The van der Waals surface area contributed by atoms with Crippen LogP contribution in [0.3, 0.4) is 0 Å². The van der Waals surface area contributed by atoms with Crippen molar-refractivity contribution < 1.29 is 0 Å². The third kappa shape index (κ3) is 3.74. The fourth-order valence-electron chi connectivity index (χ4n) is 2.78. The van der Waals surface area contributed by atoms with Crippen molar-refractivity contribution in [2.75, 3.05) is 26.2 Å². The second-order valence-electron chi connectivity index (χ2n) is 5.78. The van der Waals surface area contributed by atoms with Gasteiger partial charge in [-0.25, -0.2) is 0 Å². The van der Waals surface area contributed by atoms with Crippen LogP contribution in [0.25, 0.3) is 0 Å². The maximum absolute atomic E-state index is 3.67. The minimum Gasteiger partial charge on any atom is -0.314 e. The highest BCUT2D eigenvalue weighted by molar-refractivity contribution is 4.84. The van der Waals surface area contributed by atoms with Gasteiger partial charge in [0.2, 0.25) is 0 Å². The topological polar surface area (TPSA) is 15.3 Å². The number of rotatable bonds is 7. The van der Waals surface area contributed by atoms with E-state index < -0.39 is 0 Å². The van der Waals surface area contributed by atoms with Crippen LogP contribution in [0, 0.1) is 11.8 Å². The lowest BCUT2D eigenvalue weighted by Gasteiger charge is -2.21. The van der Waals surface area contributed by atoms with Crippen molar-refractivity contribution in [3.63, 3.8) is 0 Å². The zero-order chi connectivity index (χ0) is 11.4. The van der Waals surface area contributed by atoms with Crippen LogP contribution >= 0.6 is 0 Å². The van der Waals surface area contributed by atoms with Gasteiger partial charge in [0, 0.05) is 19.1 Å². The van der Waals surface area contributed by atoms with Crippen LogP contribution in [-0.4, -0.2) is 37.1 Å². The average Bonchev–Trinajstić information content (AvgIpc) is 3.03. The third-order valence-corrected chi connectivity index (χ3v) is 4.31. The molecule has 2 nitrogen and oxygen atoms in total. The Morgan fingerprint density at radius 3 is 2.56 bits per heavy atom. The summed E-state index contributed by atoms with van der Waals surface area (Å²) in [5.74, 6) is 1.85. The summed E-state index contributed by atoms with van der Waals surface area (Å²) in [5, 5.41) is 3.67. The van der Waals surface area contributed by atoms with E-state index in [0.717, 1.165) is 17.9 Å². The molecular formula is C14H28N2. The minimum absolute atomic E-state index is 0.882. The molecular weight excluding hydrogens is 196 g/mol. The van der Waals surface area contributed by atoms with Gasteiger partial charge in [-0.1, -0.05) is 26.7 Å². The van der Waals surface area contributed by atoms with E-state index in [1.165, 1.54) is 58.3 Å². The normalized spacial score (nSPS) is 26.8. The first kappa shape index (κ1) is 12.4. The highest BCUT2D eigenvalue weighted by atomic mass is 15.2. The zero-order valence-corrected chi connectivity index (χ0v) is 11.0. The molecule has 0 amide bonds. The van der Waals surface area contributed by atoms with E-state index in [1.807, 2.05) is 0 Å². The quantitative estimate of drug-likeness (QED) is 0.715. The molecule has 2 heteroatoms. The van der Waals surface area contributed by atoms with E-state index in [9.17, 15) is 0 Å². The Morgan fingerprint density at radius 2 is 1.94 bits per heavy atom. The Hall–Kier alpha value is -0.0800. The highest BCUT2D eigenvalue weighted by Crippen LogP contribution is 2.22. The summed E-state index contributed by atoms with van der Waals surface area (Å²) in [6.07, 6.45) is 6.95. The van der Waals surface area contributed by atoms with Crippen molar-refractivity contribution in [1.82, 2.24) is 10.2 Å². The summed E-state index contributed by atoms with van der Waals surface area (Å²) in [4.78, 5) is 2.69. The van der Waals surface area contributed by atoms with Gasteiger partial charge < -0.3 is 10.2 Å². The maximum atomic E-state index is 3.67. The molecule has 1 heterocycles. The van der Waals surface area contributed by atoms with Crippen LogP contribution in [0.2, 0.25) is 0 Å². The Labute approximate surface area is 101 Å². The van der Waals surface area contributed by atoms with Gasteiger partial charge in [-0.3, -0.25) is 0 Å². The lowest BCUT2D eigenvalue weighted by molar-refractivity contribution is 0.259. The van der Waals surface area contributed by atoms with Crippen LogP contribution in [-0.2, 0) is 0 Å². The lowest BCUT2D eigenvalue weighted by atomic mass is 10.0. The second kappa shape index (κ2) is 6.02. The molecule has 1 aliphatic heterocycles. The standard InChI is InChI=1S/C14H28N2/c1-3-12(4-2)10-16-8-7-13(11-16)9-15-14-5-6-14/h12-15H,3-11H2,1-2H3. The van der Waals surface area contributed by atoms with Crippen LogP contribution in [0.1, 0.15) is 46.0 Å². The Kier molecular flexibility index (Phi) is 4.66. The van der Waals surface area contributed by atoms with Gasteiger partial charge >= 0.3 is 0 Å². The van der Waals surface area contributed by atoms with E-state index in [-0.39, 0.29) is 0 Å². The predicted octanol–water partition coefficient (Wildman–Crippen LogP) is 2.50. The van der Waals surface area contributed by atoms with Crippen molar-refractivity contribution in [3.8, 4) is 0 Å². The van der Waals surface area contributed by atoms with E-state index in [2.05, 4.69) is 24.1 Å². The Bertz CT molecular complexity index is 197. The molecule has 0 aromatic rings. The summed E-state index contributed by atoms with van der Waals surface area (Å²) in [5.41, 5.74) is 0. The summed E-state index contributed by atoms with van der Waals surface area (Å²) in [7, 11) is 0. The number of hydrogen-bond donors (Lipinski definition) is 1. The van der Waals surface area contributed by atoms with Gasteiger partial charge in [0.15, 0.2) is 0 Å². The first-order valence-electron chi connectivity index (χ1n) is 7.27. The minimum atomic E-state index is 0.882. The van der Waals surface area contributed by atoms with E-state index in [4.69, 9.17) is 0 Å². The highest BCUT2D eigenvalue weighted by Gasteiger charge is 2.26. The fraction of sp³-hybridized carbons (Fsp3) is 1.00. The number of nitrogens with one attached hydrogen (secondary N) is 1. The molecule has 2 rings (SSSR count). The maximum Gasteiger partial charge on any atom is 0.00683 e. The Morgan fingerprint density at radius 1 is 1.19 bits per heavy atom. The SMILES string of the molecule is CCC(CC)CN1CCC(CNC2CC2)C1. The van der Waals surface area contributed by atoms with Crippen molar-refractivity contribution in [1.29, 1.82) is 0 Å². The number of nitrogens with zero attached hydrogens (tertiary/aromatic N) is 1. The molecule has 2 aliphatic rings. The molecule has 1 unspecified atom stereocenters. The summed E-state index contributed by atoms with van der Waals surface area (Å²) < 4.78 is 0. The number of likely N-dealkylation sites (tertiary alicyclic amines) is 1. The first-order chi connectivity index (χ1) is 7.81. The fourth-order valence-corrected chi connectivity index (χ4v) is 2.78. The molecule has 16 heavy (non-hydrogen) atoms. The van der Waals surface area contributed by atoms with Gasteiger partial charge in [0.1, 0.15) is 0 Å². The van der Waals surface area contributed by atoms with Crippen molar-refractivity contribution in [2.24, 2.45) is 11.8 Å². The molecule has 0 spiro atoms. The van der Waals surface area contributed by atoms with Crippen LogP contribution in [0.15, 0.2) is 0 Å². The van der Waals surface area contributed by atoms with E-state index in [1.54, 1.807) is 0 Å². The zero-order valence-electron chi connectivity index (χ0n) is 11.0. The summed E-state index contributed by atoms with van der Waals surface area (Å²) in [6, 6.07) is 0.882. The molecule has 0 bridgehead atoms. The molecule has 1 saturated heterocycles. The van der Waals surface area contributed by atoms with Crippen molar-refractivity contribution >= 4 is 0 Å². The molecule has 2 fully saturated rings. The smallest absolute Gasteiger partial charge is 0.00683 e. The molecule has 0 aromatic carbocycles.